The van der Waals surface area contributed by atoms with Gasteiger partial charge in [0.15, 0.2) is 0 Å². The summed E-state index contributed by atoms with van der Waals surface area (Å²) >= 11 is 0. The molecule has 0 bridgehead atoms. The summed E-state index contributed by atoms with van der Waals surface area (Å²) < 4.78 is 11.5. The number of nitrogens with one attached hydrogen (secondary N) is 1. The van der Waals surface area contributed by atoms with Gasteiger partial charge in [-0.25, -0.2) is 9.59 Å². The molecule has 0 saturated carbocycles. The highest BCUT2D eigenvalue weighted by molar-refractivity contribution is 6.00. The zero-order valence-corrected chi connectivity index (χ0v) is 17.2. The second kappa shape index (κ2) is 9.69. The predicted molar refractivity (Wildman–Crippen MR) is 102 cm³/mol. The Labute approximate surface area is 175 Å². The number of aryl methyl sites for hydroxylation is 1. The third kappa shape index (κ3) is 4.96. The van der Waals surface area contributed by atoms with Crippen molar-refractivity contribution in [2.24, 2.45) is 7.05 Å². The van der Waals surface area contributed by atoms with Crippen LogP contribution in [0.4, 0.5) is 5.82 Å². The van der Waals surface area contributed by atoms with E-state index in [1.165, 1.54) is 24.9 Å². The molecule has 2 heterocycles. The lowest BCUT2D eigenvalue weighted by atomic mass is 9.82. The van der Waals surface area contributed by atoms with E-state index in [0.29, 0.717) is 5.70 Å². The van der Waals surface area contributed by atoms with Crippen LogP contribution in [0.2, 0.25) is 0 Å². The van der Waals surface area contributed by atoms with Crippen molar-refractivity contribution in [1.29, 1.82) is 0 Å². The molecule has 31 heavy (non-hydrogen) atoms. The maximum Gasteiger partial charge on any atom is 0.385 e. The van der Waals surface area contributed by atoms with E-state index in [1.807, 2.05) is 0 Å². The molecule has 1 aliphatic heterocycles. The number of hydrogen-bond donors (Lipinski definition) is 1. The number of ether oxygens (including phenoxy) is 2. The molecule has 2 rings (SSSR count). The van der Waals surface area contributed by atoms with Gasteiger partial charge in [-0.3, -0.25) is 0 Å². The third-order valence-corrected chi connectivity index (χ3v) is 4.40. The molecule has 0 aliphatic carbocycles. The number of esters is 2. The molecule has 0 radical (unpaired) electrons. The first-order chi connectivity index (χ1) is 14.6. The van der Waals surface area contributed by atoms with Gasteiger partial charge in [-0.2, -0.15) is 0 Å². The van der Waals surface area contributed by atoms with Crippen LogP contribution >= 0.6 is 0 Å². The van der Waals surface area contributed by atoms with Gasteiger partial charge in [0.05, 0.1) is 23.7 Å². The van der Waals surface area contributed by atoms with Gasteiger partial charge in [0.25, 0.3) is 5.09 Å². The van der Waals surface area contributed by atoms with Crippen LogP contribution < -0.4 is 5.32 Å². The SMILES string of the molecule is CCOC(=O)C1=C(C)NC(C)=C(C(=O)OCCO[N+](=O)[O-])C1c1c([N+](=O)[O-])ncn1C. The molecule has 0 aromatic carbocycles. The molecule has 0 saturated heterocycles. The lowest BCUT2D eigenvalue weighted by molar-refractivity contribution is -0.757. The molecule has 1 aromatic rings. The summed E-state index contributed by atoms with van der Waals surface area (Å²) in [4.78, 5) is 54.6. The van der Waals surface area contributed by atoms with Crippen LogP contribution in [0.3, 0.4) is 0 Å². The Hall–Kier alpha value is -3.97. The number of imidazole rings is 1. The summed E-state index contributed by atoms with van der Waals surface area (Å²) in [5.74, 6) is -3.48. The van der Waals surface area contributed by atoms with E-state index in [9.17, 15) is 29.8 Å². The number of nitrogens with zero attached hydrogens (tertiary/aromatic N) is 4. The van der Waals surface area contributed by atoms with Gasteiger partial charge < -0.3 is 34.3 Å². The van der Waals surface area contributed by atoms with Crippen LogP contribution in [0.25, 0.3) is 0 Å². The summed E-state index contributed by atoms with van der Waals surface area (Å²) in [6.45, 7) is 3.78. The molecule has 168 valence electrons. The van der Waals surface area contributed by atoms with E-state index >= 15 is 0 Å². The standard InChI is InChI=1S/C17H21N5O9/c1-5-29-16(23)11-9(2)19-10(3)12(17(24)30-6-7-31-22(27)28)13(11)14-15(21(25)26)18-8-20(14)4/h8,13,19H,5-7H2,1-4H3. The normalized spacial score (nSPS) is 15.9. The summed E-state index contributed by atoms with van der Waals surface area (Å²) in [6.07, 6.45) is 1.19. The molecule has 1 N–H and O–H groups in total. The summed E-state index contributed by atoms with van der Waals surface area (Å²) in [7, 11) is 1.48. The van der Waals surface area contributed by atoms with Crippen molar-refractivity contribution in [2.75, 3.05) is 19.8 Å². The summed E-state index contributed by atoms with van der Waals surface area (Å²) in [5.41, 5.74) is 0.478. The smallest absolute Gasteiger partial charge is 0.385 e. The third-order valence-electron chi connectivity index (χ3n) is 4.40. The number of rotatable bonds is 9. The Kier molecular flexibility index (Phi) is 7.28. The Balaban J connectivity index is 2.57. The zero-order chi connectivity index (χ0) is 23.3. The lowest BCUT2D eigenvalue weighted by Gasteiger charge is -2.29. The van der Waals surface area contributed by atoms with Crippen molar-refractivity contribution >= 4 is 17.8 Å². The van der Waals surface area contributed by atoms with Crippen LogP contribution in [0.15, 0.2) is 28.9 Å². The minimum absolute atomic E-state index is 0.0207. The average Bonchev–Trinajstić information content (AvgIpc) is 3.05. The fourth-order valence-corrected chi connectivity index (χ4v) is 3.24. The van der Waals surface area contributed by atoms with E-state index in [1.54, 1.807) is 13.8 Å². The maximum atomic E-state index is 12.9. The van der Waals surface area contributed by atoms with E-state index in [2.05, 4.69) is 15.1 Å². The van der Waals surface area contributed by atoms with E-state index in [-0.39, 0.29) is 29.1 Å². The van der Waals surface area contributed by atoms with Gasteiger partial charge in [0.2, 0.25) is 6.33 Å². The van der Waals surface area contributed by atoms with Crippen molar-refractivity contribution in [3.05, 3.63) is 54.8 Å². The van der Waals surface area contributed by atoms with Crippen molar-refractivity contribution in [2.45, 2.75) is 26.7 Å². The molecule has 1 unspecified atom stereocenters. The van der Waals surface area contributed by atoms with Crippen LogP contribution in [0.1, 0.15) is 32.4 Å². The molecular formula is C17H21N5O9. The molecule has 14 nitrogen and oxygen atoms in total. The highest BCUT2D eigenvalue weighted by atomic mass is 17.0. The first-order valence-electron chi connectivity index (χ1n) is 9.05. The number of aromatic nitrogens is 2. The lowest BCUT2D eigenvalue weighted by Crippen LogP contribution is -2.34. The number of allylic oxidation sites excluding steroid dienone is 2. The summed E-state index contributed by atoms with van der Waals surface area (Å²) in [5, 5.41) is 23.7. The first-order valence-corrected chi connectivity index (χ1v) is 9.05. The van der Waals surface area contributed by atoms with Gasteiger partial charge in [0, 0.05) is 18.4 Å². The quantitative estimate of drug-likeness (QED) is 0.250. The van der Waals surface area contributed by atoms with E-state index in [4.69, 9.17) is 9.47 Å². The molecule has 0 fully saturated rings. The fourth-order valence-electron chi connectivity index (χ4n) is 3.24. The van der Waals surface area contributed by atoms with Gasteiger partial charge in [-0.1, -0.05) is 0 Å². The maximum absolute atomic E-state index is 12.9. The minimum Gasteiger partial charge on any atom is -0.463 e. The number of carbonyl (C=O) groups is 2. The molecule has 0 spiro atoms. The van der Waals surface area contributed by atoms with E-state index < -0.39 is 46.9 Å². The Morgan fingerprint density at radius 1 is 1.13 bits per heavy atom. The predicted octanol–water partition coefficient (Wildman–Crippen LogP) is 0.878. The number of carbonyl (C=O) groups excluding carboxylic acids is 2. The highest BCUT2D eigenvalue weighted by Crippen LogP contribution is 2.42. The largest absolute Gasteiger partial charge is 0.463 e. The Bertz CT molecular complexity index is 979. The van der Waals surface area contributed by atoms with Gasteiger partial charge in [-0.05, 0) is 30.7 Å². The molecular weight excluding hydrogens is 418 g/mol. The second-order valence-corrected chi connectivity index (χ2v) is 6.37. The number of hydrogen-bond acceptors (Lipinski definition) is 11. The number of dihydropyridines is 1. The first kappa shape index (κ1) is 23.3. The van der Waals surface area contributed by atoms with Gasteiger partial charge in [-0.15, -0.1) is 10.1 Å². The highest BCUT2D eigenvalue weighted by Gasteiger charge is 2.43. The Morgan fingerprint density at radius 3 is 2.23 bits per heavy atom. The zero-order valence-electron chi connectivity index (χ0n) is 17.2. The second-order valence-electron chi connectivity index (χ2n) is 6.37. The fraction of sp³-hybridized carbons (Fsp3) is 0.471. The van der Waals surface area contributed by atoms with Crippen molar-refractivity contribution < 1.29 is 33.9 Å². The van der Waals surface area contributed by atoms with E-state index in [0.717, 1.165) is 0 Å². The van der Waals surface area contributed by atoms with Gasteiger partial charge in [0.1, 0.15) is 18.9 Å². The Morgan fingerprint density at radius 2 is 1.71 bits per heavy atom. The number of nitro groups is 1. The minimum atomic E-state index is -1.22. The van der Waals surface area contributed by atoms with Gasteiger partial charge >= 0.3 is 17.8 Å². The molecule has 14 heteroatoms. The van der Waals surface area contributed by atoms with Crippen molar-refractivity contribution in [3.63, 3.8) is 0 Å². The topological polar surface area (TPSA) is 178 Å². The monoisotopic (exact) mass is 439 g/mol. The van der Waals surface area contributed by atoms with Crippen LogP contribution in [-0.4, -0.2) is 51.3 Å². The molecule has 1 atom stereocenters. The summed E-state index contributed by atoms with van der Waals surface area (Å²) in [6, 6.07) is 0. The van der Waals surface area contributed by atoms with Crippen molar-refractivity contribution in [1.82, 2.24) is 14.9 Å². The average molecular weight is 439 g/mol. The molecule has 1 aromatic heterocycles. The van der Waals surface area contributed by atoms with Crippen LogP contribution in [0.5, 0.6) is 0 Å². The molecule has 1 aliphatic rings. The van der Waals surface area contributed by atoms with Crippen LogP contribution in [0, 0.1) is 20.2 Å². The molecule has 0 amide bonds. The van der Waals surface area contributed by atoms with Crippen LogP contribution in [-0.2, 0) is 30.9 Å². The van der Waals surface area contributed by atoms with Crippen molar-refractivity contribution in [3.8, 4) is 0 Å².